The average molecular weight is 359 g/mol. The van der Waals surface area contributed by atoms with E-state index >= 15 is 0 Å². The van der Waals surface area contributed by atoms with Gasteiger partial charge in [-0.2, -0.15) is 0 Å². The maximum atomic E-state index is 13.4. The Bertz CT molecular complexity index is 777. The Morgan fingerprint density at radius 3 is 2.20 bits per heavy atom. The zero-order chi connectivity index (χ0) is 17.9. The van der Waals surface area contributed by atoms with E-state index in [0.29, 0.717) is 5.56 Å². The van der Waals surface area contributed by atoms with Crippen LogP contribution in [-0.2, 0) is 9.84 Å². The number of nitrogens with zero attached hydrogens (tertiary/aromatic N) is 1. The highest BCUT2D eigenvalue weighted by Crippen LogP contribution is 2.34. The van der Waals surface area contributed by atoms with Gasteiger partial charge in [0, 0.05) is 6.04 Å². The van der Waals surface area contributed by atoms with Crippen LogP contribution in [0.15, 0.2) is 65.6 Å². The smallest absolute Gasteiger partial charge is 0.185 e. The van der Waals surface area contributed by atoms with Gasteiger partial charge in [0.15, 0.2) is 9.84 Å². The molecule has 1 N–H and O–H groups in total. The Kier molecular flexibility index (Phi) is 5.57. The van der Waals surface area contributed by atoms with E-state index in [9.17, 15) is 13.5 Å². The van der Waals surface area contributed by atoms with Gasteiger partial charge in [0.2, 0.25) is 0 Å². The highest BCUT2D eigenvalue weighted by Gasteiger charge is 2.43. The molecule has 1 heterocycles. The van der Waals surface area contributed by atoms with Crippen molar-refractivity contribution in [3.8, 4) is 0 Å². The Morgan fingerprint density at radius 1 is 1.00 bits per heavy atom. The Labute approximate surface area is 150 Å². The van der Waals surface area contributed by atoms with Crippen LogP contribution in [0, 0.1) is 0 Å². The normalized spacial score (nSPS) is 21.6. The van der Waals surface area contributed by atoms with Gasteiger partial charge in [-0.25, -0.2) is 8.42 Å². The number of likely N-dealkylation sites (tertiary alicyclic amines) is 1. The fourth-order valence-electron chi connectivity index (χ4n) is 3.71. The molecule has 1 saturated heterocycles. The maximum Gasteiger partial charge on any atom is 0.185 e. The summed E-state index contributed by atoms with van der Waals surface area (Å²) in [5.74, 6) is 0. The Morgan fingerprint density at radius 2 is 1.60 bits per heavy atom. The van der Waals surface area contributed by atoms with Gasteiger partial charge in [-0.05, 0) is 44.1 Å². The molecular weight excluding hydrogens is 334 g/mol. The molecule has 1 fully saturated rings. The van der Waals surface area contributed by atoms with E-state index in [1.807, 2.05) is 25.2 Å². The molecule has 2 aromatic carbocycles. The number of rotatable bonds is 5. The molecule has 0 aliphatic carbocycles. The van der Waals surface area contributed by atoms with Crippen molar-refractivity contribution in [1.29, 1.82) is 0 Å². The summed E-state index contributed by atoms with van der Waals surface area (Å²) in [5, 5.41) is 10.2. The molecule has 0 saturated carbocycles. The molecule has 1 aliphatic rings. The molecule has 0 bridgehead atoms. The van der Waals surface area contributed by atoms with Gasteiger partial charge in [-0.3, -0.25) is 0 Å². The van der Waals surface area contributed by atoms with Gasteiger partial charge >= 0.3 is 0 Å². The van der Waals surface area contributed by atoms with Gasteiger partial charge in [0.1, 0.15) is 5.25 Å². The molecule has 0 aromatic heterocycles. The highest BCUT2D eigenvalue weighted by atomic mass is 32.2. The van der Waals surface area contributed by atoms with Crippen molar-refractivity contribution >= 4 is 9.84 Å². The third-order valence-corrected chi connectivity index (χ3v) is 7.31. The molecule has 3 atom stereocenters. The summed E-state index contributed by atoms with van der Waals surface area (Å²) >= 11 is 0. The first-order valence-electron chi connectivity index (χ1n) is 8.74. The van der Waals surface area contributed by atoms with Crippen LogP contribution in [0.3, 0.4) is 0 Å². The molecular formula is C20H25NO3S. The van der Waals surface area contributed by atoms with Crippen LogP contribution in [0.1, 0.15) is 30.9 Å². The first kappa shape index (κ1) is 18.1. The van der Waals surface area contributed by atoms with Gasteiger partial charge in [-0.1, -0.05) is 55.0 Å². The van der Waals surface area contributed by atoms with Gasteiger partial charge in [0.25, 0.3) is 0 Å². The predicted octanol–water partition coefficient (Wildman–Crippen LogP) is 3.05. The predicted molar refractivity (Wildman–Crippen MR) is 99.1 cm³/mol. The van der Waals surface area contributed by atoms with Gasteiger partial charge in [-0.15, -0.1) is 0 Å². The topological polar surface area (TPSA) is 57.6 Å². The quantitative estimate of drug-likeness (QED) is 0.891. The molecule has 5 heteroatoms. The molecule has 3 rings (SSSR count). The first-order chi connectivity index (χ1) is 12.0. The van der Waals surface area contributed by atoms with E-state index in [4.69, 9.17) is 0 Å². The Balaban J connectivity index is 2.06. The van der Waals surface area contributed by atoms with Crippen molar-refractivity contribution in [2.75, 3.05) is 13.6 Å². The minimum Gasteiger partial charge on any atom is -0.387 e. The van der Waals surface area contributed by atoms with Crippen molar-refractivity contribution in [2.45, 2.75) is 41.6 Å². The van der Waals surface area contributed by atoms with Crippen LogP contribution < -0.4 is 0 Å². The van der Waals surface area contributed by atoms with E-state index in [1.165, 1.54) is 0 Å². The summed E-state index contributed by atoms with van der Waals surface area (Å²) in [6, 6.07) is 17.4. The second-order valence-corrected chi connectivity index (χ2v) is 8.83. The van der Waals surface area contributed by atoms with Crippen LogP contribution in [0.25, 0.3) is 0 Å². The zero-order valence-electron chi connectivity index (χ0n) is 14.5. The number of sulfone groups is 1. The molecule has 2 aromatic rings. The number of aliphatic hydroxyl groups is 1. The summed E-state index contributed by atoms with van der Waals surface area (Å²) in [6.07, 6.45) is 1.76. The van der Waals surface area contributed by atoms with E-state index in [2.05, 4.69) is 4.90 Å². The molecule has 0 radical (unpaired) electrons. The lowest BCUT2D eigenvalue weighted by molar-refractivity contribution is 0.0983. The van der Waals surface area contributed by atoms with Crippen molar-refractivity contribution in [3.63, 3.8) is 0 Å². The lowest BCUT2D eigenvalue weighted by Gasteiger charge is -2.39. The molecule has 134 valence electrons. The lowest BCUT2D eigenvalue weighted by atomic mass is 9.94. The minimum absolute atomic E-state index is 0.200. The monoisotopic (exact) mass is 359 g/mol. The standard InChI is InChI=1S/C20H25NO3S/c1-21-15-9-8-14-18(21)20(19(22)16-10-4-2-5-11-16)25(23,24)17-12-6-3-7-13-17/h2-7,10-13,18-20,22H,8-9,14-15H2,1H3/t18?,19-,20-/m1/s1. The SMILES string of the molecule is CN1CCCCC1[C@H]([C@H](O)c1ccccc1)S(=O)(=O)c1ccccc1. The van der Waals surface area contributed by atoms with Crippen LogP contribution in [0.2, 0.25) is 0 Å². The number of hydrogen-bond acceptors (Lipinski definition) is 4. The lowest BCUT2D eigenvalue weighted by Crippen LogP contribution is -2.50. The number of hydrogen-bond donors (Lipinski definition) is 1. The number of aliphatic hydroxyl groups excluding tert-OH is 1. The van der Waals surface area contributed by atoms with E-state index in [1.54, 1.807) is 42.5 Å². The average Bonchev–Trinajstić information content (AvgIpc) is 2.65. The van der Waals surface area contributed by atoms with Crippen LogP contribution >= 0.6 is 0 Å². The third-order valence-electron chi connectivity index (χ3n) is 5.09. The molecule has 4 nitrogen and oxygen atoms in total. The highest BCUT2D eigenvalue weighted by molar-refractivity contribution is 7.92. The summed E-state index contributed by atoms with van der Waals surface area (Å²) < 4.78 is 26.8. The van der Waals surface area contributed by atoms with Crippen LogP contribution in [-0.4, -0.2) is 43.3 Å². The van der Waals surface area contributed by atoms with Gasteiger partial charge < -0.3 is 10.0 Å². The van der Waals surface area contributed by atoms with E-state index in [0.717, 1.165) is 25.8 Å². The minimum atomic E-state index is -3.67. The van der Waals surface area contributed by atoms with Crippen LogP contribution in [0.4, 0.5) is 0 Å². The fraction of sp³-hybridized carbons (Fsp3) is 0.400. The molecule has 0 amide bonds. The maximum absolute atomic E-state index is 13.4. The number of benzene rings is 2. The van der Waals surface area contributed by atoms with Crippen LogP contribution in [0.5, 0.6) is 0 Å². The third kappa shape index (κ3) is 3.78. The molecule has 1 unspecified atom stereocenters. The molecule has 25 heavy (non-hydrogen) atoms. The summed E-state index contributed by atoms with van der Waals surface area (Å²) in [6.45, 7) is 0.854. The molecule has 1 aliphatic heterocycles. The largest absolute Gasteiger partial charge is 0.387 e. The molecule has 0 spiro atoms. The summed E-state index contributed by atoms with van der Waals surface area (Å²) in [7, 11) is -1.72. The summed E-state index contributed by atoms with van der Waals surface area (Å²) in [5.41, 5.74) is 0.644. The van der Waals surface area contributed by atoms with Crippen molar-refractivity contribution < 1.29 is 13.5 Å². The zero-order valence-corrected chi connectivity index (χ0v) is 15.3. The van der Waals surface area contributed by atoms with Crippen molar-refractivity contribution in [1.82, 2.24) is 4.90 Å². The fourth-order valence-corrected chi connectivity index (χ4v) is 5.81. The van der Waals surface area contributed by atoms with E-state index in [-0.39, 0.29) is 10.9 Å². The first-order valence-corrected chi connectivity index (χ1v) is 10.3. The number of piperidine rings is 1. The second-order valence-electron chi connectivity index (χ2n) is 6.72. The van der Waals surface area contributed by atoms with Crippen molar-refractivity contribution in [2.24, 2.45) is 0 Å². The Hall–Kier alpha value is -1.69. The van der Waals surface area contributed by atoms with Crippen molar-refractivity contribution in [3.05, 3.63) is 66.2 Å². The second kappa shape index (κ2) is 7.68. The summed E-state index contributed by atoms with van der Waals surface area (Å²) in [4.78, 5) is 2.36. The van der Waals surface area contributed by atoms with E-state index < -0.39 is 21.2 Å². The van der Waals surface area contributed by atoms with Gasteiger partial charge in [0.05, 0.1) is 11.0 Å².